The number of hydrogen-bond donors (Lipinski definition) is 1. The summed E-state index contributed by atoms with van der Waals surface area (Å²) in [6, 6.07) is 4.33. The first kappa shape index (κ1) is 29.0. The van der Waals surface area contributed by atoms with Gasteiger partial charge in [0.05, 0.1) is 0 Å². The zero-order valence-corrected chi connectivity index (χ0v) is 25.4. The highest BCUT2D eigenvalue weighted by Crippen LogP contribution is 2.46. The lowest BCUT2D eigenvalue weighted by molar-refractivity contribution is -0.120. The first-order valence-corrected chi connectivity index (χ1v) is 15.5. The van der Waals surface area contributed by atoms with Gasteiger partial charge in [0, 0.05) is 87.4 Å². The average molecular weight is 582 g/mol. The van der Waals surface area contributed by atoms with E-state index in [2.05, 4.69) is 33.1 Å². The molecule has 0 unspecified atom stereocenters. The van der Waals surface area contributed by atoms with Gasteiger partial charge in [-0.15, -0.1) is 0 Å². The number of nitrogens with one attached hydrogen (secondary N) is 1. The quantitative estimate of drug-likeness (QED) is 0.493. The van der Waals surface area contributed by atoms with Crippen molar-refractivity contribution in [2.75, 3.05) is 44.2 Å². The summed E-state index contributed by atoms with van der Waals surface area (Å²) in [5.74, 6) is 0.329. The molecular weight excluding hydrogens is 537 g/mol. The Labute approximate surface area is 247 Å². The molecule has 1 aliphatic carbocycles. The van der Waals surface area contributed by atoms with E-state index >= 15 is 4.39 Å². The molecule has 3 saturated heterocycles. The number of hydrogen-bond acceptors (Lipinski definition) is 5. The number of fused-ring (bicyclic) bond motifs is 1. The number of amides is 4. The second-order valence-electron chi connectivity index (χ2n) is 13.8. The molecule has 9 nitrogen and oxygen atoms in total. The van der Waals surface area contributed by atoms with E-state index < -0.39 is 11.3 Å². The number of benzene rings is 1. The smallest absolute Gasteiger partial charge is 0.410 e. The van der Waals surface area contributed by atoms with Crippen LogP contribution in [-0.4, -0.2) is 82.9 Å². The maximum Gasteiger partial charge on any atom is 0.410 e. The predicted molar refractivity (Wildman–Crippen MR) is 160 cm³/mol. The van der Waals surface area contributed by atoms with Crippen molar-refractivity contribution in [3.8, 4) is 0 Å². The Morgan fingerprint density at radius 3 is 2.36 bits per heavy atom. The largest absolute Gasteiger partial charge is 0.444 e. The van der Waals surface area contributed by atoms with Gasteiger partial charge in [-0.1, -0.05) is 0 Å². The molecule has 6 rings (SSSR count). The first-order chi connectivity index (χ1) is 19.9. The van der Waals surface area contributed by atoms with Gasteiger partial charge in [0.2, 0.25) is 5.91 Å². The fourth-order valence-electron chi connectivity index (χ4n) is 6.85. The standard InChI is InChI=1S/C32H44FN5O4/c1-21-17-27-24(18-26(21)37-14-9-28(39)34-29(37)40)25(22-5-6-22)19-38(27)23-7-12-35(13-8-23)20-32(33)10-15-36(16-11-32)30(41)42-31(2,3)4/h17-19,22-23H,5-16,20H2,1-4H3,(H,34,39,40). The molecule has 4 fully saturated rings. The third kappa shape index (κ3) is 6.00. The Bertz CT molecular complexity index is 1380. The maximum atomic E-state index is 15.9. The lowest BCUT2D eigenvalue weighted by atomic mass is 9.91. The summed E-state index contributed by atoms with van der Waals surface area (Å²) in [6.07, 6.45) is 7.22. The Balaban J connectivity index is 1.12. The molecule has 4 amide bonds. The van der Waals surface area contributed by atoms with Crippen LogP contribution < -0.4 is 10.2 Å². The Kier molecular flexibility index (Phi) is 7.48. The van der Waals surface area contributed by atoms with Crippen molar-refractivity contribution < 1.29 is 23.5 Å². The second kappa shape index (κ2) is 10.8. The molecule has 1 aromatic heterocycles. The van der Waals surface area contributed by atoms with Crippen molar-refractivity contribution in [1.82, 2.24) is 19.7 Å². The fourth-order valence-corrected chi connectivity index (χ4v) is 6.85. The summed E-state index contributed by atoms with van der Waals surface area (Å²) in [4.78, 5) is 42.3. The number of aromatic nitrogens is 1. The van der Waals surface area contributed by atoms with E-state index in [1.165, 1.54) is 29.3 Å². The molecule has 0 bridgehead atoms. The van der Waals surface area contributed by atoms with Crippen molar-refractivity contribution in [3.63, 3.8) is 0 Å². The Hall–Kier alpha value is -3.14. The van der Waals surface area contributed by atoms with E-state index in [0.717, 1.165) is 37.2 Å². The SMILES string of the molecule is Cc1cc2c(cc1N1CCC(=O)NC1=O)c(C1CC1)cn2C1CCN(CC2(F)CCN(C(=O)OC(C)(C)C)CC2)CC1. The van der Waals surface area contributed by atoms with Crippen LogP contribution in [0.5, 0.6) is 0 Å². The van der Waals surface area contributed by atoms with Crippen molar-refractivity contribution in [3.05, 3.63) is 29.5 Å². The minimum Gasteiger partial charge on any atom is -0.444 e. The Morgan fingerprint density at radius 2 is 1.74 bits per heavy atom. The number of nitrogens with zero attached hydrogens (tertiary/aromatic N) is 4. The molecule has 3 aliphatic heterocycles. The number of ether oxygens (including phenoxy) is 1. The van der Waals surface area contributed by atoms with Crippen LogP contribution in [0.1, 0.15) is 88.8 Å². The number of alkyl halides is 1. The van der Waals surface area contributed by atoms with Crippen LogP contribution in [0.3, 0.4) is 0 Å². The molecule has 1 N–H and O–H groups in total. The number of likely N-dealkylation sites (tertiary alicyclic amines) is 2. The molecule has 4 aliphatic rings. The zero-order chi connectivity index (χ0) is 29.8. The molecule has 1 saturated carbocycles. The van der Waals surface area contributed by atoms with Gasteiger partial charge in [0.15, 0.2) is 0 Å². The van der Waals surface area contributed by atoms with E-state index in [9.17, 15) is 14.4 Å². The van der Waals surface area contributed by atoms with Gasteiger partial charge in [-0.25, -0.2) is 14.0 Å². The lowest BCUT2D eigenvalue weighted by Gasteiger charge is -2.41. The number of urea groups is 1. The summed E-state index contributed by atoms with van der Waals surface area (Å²) in [5.41, 5.74) is 2.59. The number of halogens is 1. The first-order valence-electron chi connectivity index (χ1n) is 15.5. The molecule has 1 aromatic carbocycles. The topological polar surface area (TPSA) is 87.1 Å². The van der Waals surface area contributed by atoms with E-state index in [-0.39, 0.29) is 18.0 Å². The number of rotatable bonds is 5. The van der Waals surface area contributed by atoms with Crippen LogP contribution in [0, 0.1) is 6.92 Å². The number of piperidine rings is 2. The highest BCUT2D eigenvalue weighted by molar-refractivity contribution is 6.07. The minimum absolute atomic E-state index is 0.226. The van der Waals surface area contributed by atoms with Crippen LogP contribution in [0.15, 0.2) is 18.3 Å². The molecule has 0 spiro atoms. The van der Waals surface area contributed by atoms with Crippen LogP contribution in [-0.2, 0) is 9.53 Å². The third-order valence-electron chi connectivity index (χ3n) is 9.31. The second-order valence-corrected chi connectivity index (χ2v) is 13.8. The van der Waals surface area contributed by atoms with E-state index in [1.807, 2.05) is 27.7 Å². The van der Waals surface area contributed by atoms with E-state index in [1.54, 1.807) is 9.80 Å². The molecular formula is C32H44FN5O4. The monoisotopic (exact) mass is 581 g/mol. The molecule has 0 atom stereocenters. The predicted octanol–water partition coefficient (Wildman–Crippen LogP) is 5.65. The van der Waals surface area contributed by atoms with Gasteiger partial charge < -0.3 is 19.1 Å². The molecule has 10 heteroatoms. The summed E-state index contributed by atoms with van der Waals surface area (Å²) in [6.45, 7) is 10.8. The van der Waals surface area contributed by atoms with Crippen LogP contribution in [0.4, 0.5) is 19.7 Å². The molecule has 228 valence electrons. The third-order valence-corrected chi connectivity index (χ3v) is 9.31. The minimum atomic E-state index is -1.29. The van der Waals surface area contributed by atoms with E-state index in [4.69, 9.17) is 4.74 Å². The number of imide groups is 1. The van der Waals surface area contributed by atoms with Crippen molar-refractivity contribution in [2.45, 2.75) is 95.9 Å². The van der Waals surface area contributed by atoms with Crippen molar-refractivity contribution in [2.24, 2.45) is 0 Å². The van der Waals surface area contributed by atoms with Crippen LogP contribution in [0.2, 0.25) is 0 Å². The zero-order valence-electron chi connectivity index (χ0n) is 25.4. The lowest BCUT2D eigenvalue weighted by Crippen LogP contribution is -2.51. The fraction of sp³-hybridized carbons (Fsp3) is 0.656. The van der Waals surface area contributed by atoms with Gasteiger partial charge in [-0.3, -0.25) is 15.0 Å². The number of carbonyl (C=O) groups is 3. The molecule has 0 radical (unpaired) electrons. The van der Waals surface area contributed by atoms with Crippen LogP contribution >= 0.6 is 0 Å². The number of aryl methyl sites for hydroxylation is 1. The molecule has 4 heterocycles. The summed E-state index contributed by atoms with van der Waals surface area (Å²) in [5, 5.41) is 3.65. The van der Waals surface area contributed by atoms with Gasteiger partial charge in [0.1, 0.15) is 11.3 Å². The van der Waals surface area contributed by atoms with Crippen molar-refractivity contribution in [1.29, 1.82) is 0 Å². The number of carbonyl (C=O) groups excluding carboxylic acids is 3. The maximum absolute atomic E-state index is 15.9. The highest BCUT2D eigenvalue weighted by atomic mass is 19.1. The summed E-state index contributed by atoms with van der Waals surface area (Å²) >= 11 is 0. The van der Waals surface area contributed by atoms with Gasteiger partial charge in [-0.2, -0.15) is 0 Å². The van der Waals surface area contributed by atoms with Crippen LogP contribution in [0.25, 0.3) is 10.9 Å². The van der Waals surface area contributed by atoms with Gasteiger partial charge in [0.25, 0.3) is 0 Å². The van der Waals surface area contributed by atoms with Gasteiger partial charge >= 0.3 is 12.1 Å². The highest BCUT2D eigenvalue weighted by Gasteiger charge is 2.39. The molecule has 2 aromatic rings. The molecule has 42 heavy (non-hydrogen) atoms. The van der Waals surface area contributed by atoms with E-state index in [0.29, 0.717) is 57.4 Å². The van der Waals surface area contributed by atoms with Crippen molar-refractivity contribution >= 4 is 34.6 Å². The number of anilines is 1. The summed E-state index contributed by atoms with van der Waals surface area (Å²) in [7, 11) is 0. The van der Waals surface area contributed by atoms with Gasteiger partial charge in [-0.05, 0) is 82.6 Å². The summed E-state index contributed by atoms with van der Waals surface area (Å²) < 4.78 is 23.8. The average Bonchev–Trinajstić information content (AvgIpc) is 3.69. The Morgan fingerprint density at radius 1 is 1.05 bits per heavy atom. The normalized spacial score (nSPS) is 22.5.